The van der Waals surface area contributed by atoms with Crippen LogP contribution in [0.4, 0.5) is 0 Å². The van der Waals surface area contributed by atoms with Crippen LogP contribution >= 0.6 is 0 Å². The number of rotatable bonds is 4. The van der Waals surface area contributed by atoms with E-state index in [0.29, 0.717) is 5.92 Å². The van der Waals surface area contributed by atoms with E-state index in [4.69, 9.17) is 15.2 Å². The highest BCUT2D eigenvalue weighted by atomic mass is 16.5. The van der Waals surface area contributed by atoms with Crippen molar-refractivity contribution >= 4 is 0 Å². The summed E-state index contributed by atoms with van der Waals surface area (Å²) in [4.78, 5) is 0. The third-order valence-electron chi connectivity index (χ3n) is 3.49. The largest absolute Gasteiger partial charge is 0.496 e. The molecule has 1 heterocycles. The second-order valence-electron chi connectivity index (χ2n) is 4.46. The van der Waals surface area contributed by atoms with Crippen molar-refractivity contribution in [1.29, 1.82) is 0 Å². The Kier molecular flexibility index (Phi) is 3.54. The molecule has 4 heteroatoms. The van der Waals surface area contributed by atoms with Crippen LogP contribution in [-0.4, -0.2) is 27.3 Å². The van der Waals surface area contributed by atoms with E-state index in [-0.39, 0.29) is 6.04 Å². The Hall–Kier alpha value is -1.26. The molecule has 1 aromatic carbocycles. The first-order valence-electron chi connectivity index (χ1n) is 5.86. The summed E-state index contributed by atoms with van der Waals surface area (Å²) in [5, 5.41) is 3.24. The van der Waals surface area contributed by atoms with Crippen molar-refractivity contribution in [3.63, 3.8) is 0 Å². The first-order valence-corrected chi connectivity index (χ1v) is 5.86. The van der Waals surface area contributed by atoms with Gasteiger partial charge in [-0.1, -0.05) is 6.07 Å². The minimum Gasteiger partial charge on any atom is -0.496 e. The van der Waals surface area contributed by atoms with Crippen molar-refractivity contribution in [2.24, 2.45) is 11.7 Å². The Morgan fingerprint density at radius 3 is 2.47 bits per heavy atom. The quantitative estimate of drug-likeness (QED) is 0.825. The van der Waals surface area contributed by atoms with E-state index < -0.39 is 0 Å². The number of methoxy groups -OCH3 is 2. The zero-order chi connectivity index (χ0) is 12.4. The van der Waals surface area contributed by atoms with E-state index in [9.17, 15) is 0 Å². The van der Waals surface area contributed by atoms with E-state index in [1.807, 2.05) is 19.1 Å². The molecule has 1 saturated heterocycles. The van der Waals surface area contributed by atoms with Gasteiger partial charge in [0, 0.05) is 36.2 Å². The summed E-state index contributed by atoms with van der Waals surface area (Å²) in [5.41, 5.74) is 8.35. The number of hydrogen-bond acceptors (Lipinski definition) is 4. The SMILES string of the molecule is COc1ccc(C(N)C2CNC2)c(OC)c1C. The average Bonchev–Trinajstić information content (AvgIpc) is 2.26. The Morgan fingerprint density at radius 1 is 1.29 bits per heavy atom. The van der Waals surface area contributed by atoms with Gasteiger partial charge in [0.05, 0.1) is 14.2 Å². The van der Waals surface area contributed by atoms with E-state index in [2.05, 4.69) is 5.32 Å². The molecule has 0 aliphatic carbocycles. The monoisotopic (exact) mass is 236 g/mol. The fourth-order valence-electron chi connectivity index (χ4n) is 2.27. The topological polar surface area (TPSA) is 56.5 Å². The Balaban J connectivity index is 2.35. The van der Waals surface area contributed by atoms with Crippen molar-refractivity contribution < 1.29 is 9.47 Å². The molecule has 0 saturated carbocycles. The minimum absolute atomic E-state index is 0.0239. The molecule has 2 rings (SSSR count). The van der Waals surface area contributed by atoms with Gasteiger partial charge in [-0.2, -0.15) is 0 Å². The number of nitrogens with two attached hydrogens (primary N) is 1. The Labute approximate surface area is 102 Å². The first-order chi connectivity index (χ1) is 8.19. The summed E-state index contributed by atoms with van der Waals surface area (Å²) in [6.45, 7) is 3.96. The number of ether oxygens (including phenoxy) is 2. The second-order valence-corrected chi connectivity index (χ2v) is 4.46. The molecule has 1 fully saturated rings. The third-order valence-corrected chi connectivity index (χ3v) is 3.49. The van der Waals surface area contributed by atoms with Crippen LogP contribution in [0.15, 0.2) is 12.1 Å². The molecule has 1 aromatic rings. The summed E-state index contributed by atoms with van der Waals surface area (Å²) in [6, 6.07) is 3.99. The number of nitrogens with one attached hydrogen (secondary N) is 1. The van der Waals surface area contributed by atoms with Crippen LogP contribution in [0.2, 0.25) is 0 Å². The van der Waals surface area contributed by atoms with Gasteiger partial charge in [-0.3, -0.25) is 0 Å². The predicted octanol–water partition coefficient (Wildman–Crippen LogP) is 1.23. The molecule has 1 aliphatic heterocycles. The molecule has 0 aromatic heterocycles. The lowest BCUT2D eigenvalue weighted by Crippen LogP contribution is -2.47. The molecule has 1 unspecified atom stereocenters. The van der Waals surface area contributed by atoms with E-state index in [0.717, 1.165) is 35.7 Å². The van der Waals surface area contributed by atoms with Crippen molar-refractivity contribution in [2.45, 2.75) is 13.0 Å². The van der Waals surface area contributed by atoms with Gasteiger partial charge in [-0.15, -0.1) is 0 Å². The third kappa shape index (κ3) is 2.10. The summed E-state index contributed by atoms with van der Waals surface area (Å²) >= 11 is 0. The molecule has 0 spiro atoms. The van der Waals surface area contributed by atoms with Crippen LogP contribution < -0.4 is 20.5 Å². The van der Waals surface area contributed by atoms with Crippen LogP contribution in [0.1, 0.15) is 17.2 Å². The molecule has 3 N–H and O–H groups in total. The molecule has 0 amide bonds. The van der Waals surface area contributed by atoms with Crippen molar-refractivity contribution in [1.82, 2.24) is 5.32 Å². The number of benzene rings is 1. The van der Waals surface area contributed by atoms with Crippen LogP contribution in [-0.2, 0) is 0 Å². The zero-order valence-corrected chi connectivity index (χ0v) is 10.6. The van der Waals surface area contributed by atoms with Crippen LogP contribution in [0, 0.1) is 12.8 Å². The fraction of sp³-hybridized carbons (Fsp3) is 0.538. The average molecular weight is 236 g/mol. The lowest BCUT2D eigenvalue weighted by Gasteiger charge is -2.33. The summed E-state index contributed by atoms with van der Waals surface area (Å²) in [6.07, 6.45) is 0. The predicted molar refractivity (Wildman–Crippen MR) is 67.6 cm³/mol. The lowest BCUT2D eigenvalue weighted by atomic mass is 9.88. The maximum absolute atomic E-state index is 6.28. The molecule has 94 valence electrons. The maximum Gasteiger partial charge on any atom is 0.130 e. The molecule has 17 heavy (non-hydrogen) atoms. The van der Waals surface area contributed by atoms with Gasteiger partial charge in [0.15, 0.2) is 0 Å². The summed E-state index contributed by atoms with van der Waals surface area (Å²) < 4.78 is 10.8. The minimum atomic E-state index is 0.0239. The van der Waals surface area contributed by atoms with Gasteiger partial charge >= 0.3 is 0 Å². The highest BCUT2D eigenvalue weighted by molar-refractivity contribution is 5.50. The lowest BCUT2D eigenvalue weighted by molar-refractivity contribution is 0.287. The second kappa shape index (κ2) is 4.94. The highest BCUT2D eigenvalue weighted by Crippen LogP contribution is 2.36. The molecule has 1 atom stereocenters. The molecular formula is C13H20N2O2. The molecular weight excluding hydrogens is 216 g/mol. The molecule has 0 bridgehead atoms. The van der Waals surface area contributed by atoms with Gasteiger partial charge in [-0.05, 0) is 13.0 Å². The normalized spacial score (nSPS) is 17.4. The Bertz CT molecular complexity index is 403. The van der Waals surface area contributed by atoms with Crippen molar-refractivity contribution in [3.05, 3.63) is 23.3 Å². The van der Waals surface area contributed by atoms with Crippen LogP contribution in [0.3, 0.4) is 0 Å². The summed E-state index contributed by atoms with van der Waals surface area (Å²) in [5.74, 6) is 2.19. The fourth-order valence-corrected chi connectivity index (χ4v) is 2.27. The van der Waals surface area contributed by atoms with E-state index >= 15 is 0 Å². The highest BCUT2D eigenvalue weighted by Gasteiger charge is 2.28. The van der Waals surface area contributed by atoms with Gasteiger partial charge in [-0.25, -0.2) is 0 Å². The van der Waals surface area contributed by atoms with Gasteiger partial charge in [0.25, 0.3) is 0 Å². The first kappa shape index (κ1) is 12.2. The maximum atomic E-state index is 6.28. The molecule has 0 radical (unpaired) electrons. The summed E-state index contributed by atoms with van der Waals surface area (Å²) in [7, 11) is 3.34. The van der Waals surface area contributed by atoms with Crippen molar-refractivity contribution in [3.8, 4) is 11.5 Å². The smallest absolute Gasteiger partial charge is 0.130 e. The number of hydrogen-bond donors (Lipinski definition) is 2. The molecule has 4 nitrogen and oxygen atoms in total. The van der Waals surface area contributed by atoms with Gasteiger partial charge in [0.2, 0.25) is 0 Å². The zero-order valence-electron chi connectivity index (χ0n) is 10.6. The standard InChI is InChI=1S/C13H20N2O2/c1-8-11(16-2)5-4-10(13(8)17-3)12(14)9-6-15-7-9/h4-5,9,12,15H,6-7,14H2,1-3H3. The Morgan fingerprint density at radius 2 is 2.00 bits per heavy atom. The van der Waals surface area contributed by atoms with E-state index in [1.54, 1.807) is 14.2 Å². The van der Waals surface area contributed by atoms with E-state index in [1.165, 1.54) is 0 Å². The van der Waals surface area contributed by atoms with Gasteiger partial charge < -0.3 is 20.5 Å². The van der Waals surface area contributed by atoms with Crippen LogP contribution in [0.25, 0.3) is 0 Å². The van der Waals surface area contributed by atoms with Crippen LogP contribution in [0.5, 0.6) is 11.5 Å². The molecule has 1 aliphatic rings. The van der Waals surface area contributed by atoms with Crippen molar-refractivity contribution in [2.75, 3.05) is 27.3 Å². The van der Waals surface area contributed by atoms with Gasteiger partial charge in [0.1, 0.15) is 11.5 Å².